The van der Waals surface area contributed by atoms with Crippen molar-refractivity contribution in [2.45, 2.75) is 127 Å². The lowest BCUT2D eigenvalue weighted by Gasteiger charge is -2.42. The Morgan fingerprint density at radius 1 is 1.24 bits per heavy atom. The van der Waals surface area contributed by atoms with Gasteiger partial charge in [0, 0.05) is 49.6 Å². The third-order valence-electron chi connectivity index (χ3n) is 10.9. The minimum Gasteiger partial charge on any atom is -0.457 e. The number of likely N-dealkylation sites (N-methyl/N-ethyl adjacent to an activating group) is 1. The fraction of sp³-hybridized carbons (Fsp3) is 0.625. The molecule has 0 aromatic heterocycles. The molecule has 1 aromatic carbocycles. The fourth-order valence-corrected chi connectivity index (χ4v) is 8.74. The van der Waals surface area contributed by atoms with Gasteiger partial charge >= 0.3 is 12.1 Å². The van der Waals surface area contributed by atoms with Crippen LogP contribution in [0.15, 0.2) is 35.9 Å². The summed E-state index contributed by atoms with van der Waals surface area (Å²) in [4.78, 5) is 68.7. The van der Waals surface area contributed by atoms with Gasteiger partial charge in [0.1, 0.15) is 23.9 Å². The monoisotopic (exact) mass is 805 g/mol. The number of aliphatic hydroxyl groups is 2. The molecule has 55 heavy (non-hydrogen) atoms. The topological polar surface area (TPSA) is 175 Å². The van der Waals surface area contributed by atoms with Crippen LogP contribution in [0, 0.1) is 11.8 Å². The predicted octanol–water partition coefficient (Wildman–Crippen LogP) is 5.22. The van der Waals surface area contributed by atoms with Gasteiger partial charge in [0.05, 0.1) is 29.8 Å². The number of fused-ring (bicyclic) bond motifs is 5. The quantitative estimate of drug-likeness (QED) is 0.161. The molecule has 3 aliphatic rings. The van der Waals surface area contributed by atoms with E-state index in [-0.39, 0.29) is 46.7 Å². The van der Waals surface area contributed by atoms with Gasteiger partial charge < -0.3 is 34.2 Å². The molecule has 3 heterocycles. The molecule has 4 rings (SSSR count). The summed E-state index contributed by atoms with van der Waals surface area (Å²) in [5, 5.41) is 25.2. The van der Waals surface area contributed by atoms with Crippen molar-refractivity contribution in [1.29, 1.82) is 0 Å². The first-order valence-electron chi connectivity index (χ1n) is 18.7. The number of aldehydes is 1. The largest absolute Gasteiger partial charge is 0.457 e. The van der Waals surface area contributed by atoms with Crippen molar-refractivity contribution >= 4 is 59.2 Å². The lowest BCUT2D eigenvalue weighted by Crippen LogP contribution is -2.62. The molecule has 4 bridgehead atoms. The number of carbonyl (C=O) groups excluding carboxylic acids is 5. The number of amides is 3. The lowest BCUT2D eigenvalue weighted by atomic mass is 9.81. The highest BCUT2D eigenvalue weighted by molar-refractivity contribution is 8.00. The maximum absolute atomic E-state index is 14.1. The van der Waals surface area contributed by atoms with Crippen molar-refractivity contribution in [3.05, 3.63) is 52.1 Å². The van der Waals surface area contributed by atoms with Gasteiger partial charge in [-0.1, -0.05) is 63.1 Å². The average Bonchev–Trinajstić information content (AvgIpc) is 3.82. The number of esters is 1. The number of benzene rings is 1. The van der Waals surface area contributed by atoms with Crippen molar-refractivity contribution in [3.63, 3.8) is 0 Å². The van der Waals surface area contributed by atoms with Gasteiger partial charge in [-0.2, -0.15) is 11.8 Å². The number of aliphatic hydroxyl groups excluding tert-OH is 1. The fourth-order valence-electron chi connectivity index (χ4n) is 7.27. The molecule has 15 heteroatoms. The van der Waals surface area contributed by atoms with Gasteiger partial charge in [-0.25, -0.2) is 9.59 Å². The van der Waals surface area contributed by atoms with E-state index < -0.39 is 72.1 Å². The predicted molar refractivity (Wildman–Crippen MR) is 211 cm³/mol. The smallest absolute Gasteiger partial charge is 0.409 e. The zero-order valence-corrected chi connectivity index (χ0v) is 34.7. The van der Waals surface area contributed by atoms with Crippen LogP contribution in [0.3, 0.4) is 0 Å². The first kappa shape index (κ1) is 44.3. The molecular weight excluding hydrogens is 750 g/mol. The summed E-state index contributed by atoms with van der Waals surface area (Å²) in [5.41, 5.74) is -1.14. The minimum atomic E-state index is -1.87. The number of thioether (sulfide) groups is 1. The van der Waals surface area contributed by atoms with Crippen LogP contribution in [0.2, 0.25) is 5.02 Å². The van der Waals surface area contributed by atoms with E-state index in [1.54, 1.807) is 62.9 Å². The molecule has 3 N–H and O–H groups in total. The number of allylic oxidation sites excluding steroid dienone is 3. The highest BCUT2D eigenvalue weighted by atomic mass is 35.5. The van der Waals surface area contributed by atoms with E-state index in [2.05, 4.69) is 26.1 Å². The van der Waals surface area contributed by atoms with Crippen LogP contribution < -0.4 is 10.2 Å². The molecular formula is C40H56ClN3O10S. The van der Waals surface area contributed by atoms with Crippen molar-refractivity contribution in [3.8, 4) is 0 Å². The number of nitrogens with one attached hydrogen (secondary N) is 1. The number of carbonyl (C=O) groups is 5. The Morgan fingerprint density at radius 3 is 2.56 bits per heavy atom. The maximum atomic E-state index is 14.1. The molecule has 9 atom stereocenters. The molecule has 0 radical (unpaired) electrons. The molecule has 0 saturated carbocycles. The molecule has 0 spiro atoms. The summed E-state index contributed by atoms with van der Waals surface area (Å²) in [7, 11) is 3.06. The second kappa shape index (κ2) is 18.2. The van der Waals surface area contributed by atoms with Gasteiger partial charge in [0.25, 0.3) is 0 Å². The number of ether oxygens (including phenoxy) is 3. The summed E-state index contributed by atoms with van der Waals surface area (Å²) in [6.07, 6.45) is 2.81. The average molecular weight is 806 g/mol. The van der Waals surface area contributed by atoms with Crippen molar-refractivity contribution in [1.82, 2.24) is 10.2 Å². The lowest BCUT2D eigenvalue weighted by molar-refractivity contribution is -0.162. The standard InChI is InChI=1S/C40H56ClN3O10S/c1-22(2)55-24(4)13-14-33(47)43(8)26(6)37(49)53-32-18-34(48)44(9)30-17-27(16-28(20-45)35(30)41)15-23(3)11-10-12-29(21-46)40(51)19-31(52-38(50)42-40)25(5)36-39(32,7)54-36/h10-12,16-17,20,22,24-26,29,31-32,36,46,51H,13-15,18-19,21H2,1-9H3,(H,42,50)/b12-10+,23-11+/t24?,25-,26+,29+,31+,32+,36+,39+,40+/m1/s1. The van der Waals surface area contributed by atoms with E-state index >= 15 is 0 Å². The van der Waals surface area contributed by atoms with Gasteiger partial charge in [0.15, 0.2) is 12.0 Å². The van der Waals surface area contributed by atoms with E-state index in [4.69, 9.17) is 25.8 Å². The van der Waals surface area contributed by atoms with E-state index in [1.165, 1.54) is 23.9 Å². The van der Waals surface area contributed by atoms with E-state index in [1.807, 2.05) is 6.92 Å². The Labute approximate surface area is 333 Å². The van der Waals surface area contributed by atoms with Crippen molar-refractivity contribution in [2.75, 3.05) is 25.6 Å². The van der Waals surface area contributed by atoms with Crippen LogP contribution in [-0.2, 0) is 35.0 Å². The summed E-state index contributed by atoms with van der Waals surface area (Å²) < 4.78 is 18.0. The van der Waals surface area contributed by atoms with E-state index in [0.717, 1.165) is 5.57 Å². The highest BCUT2D eigenvalue weighted by Crippen LogP contribution is 2.49. The molecule has 2 saturated heterocycles. The molecule has 2 fully saturated rings. The molecule has 1 aromatic rings. The molecule has 3 aliphatic heterocycles. The number of halogens is 1. The second-order valence-electron chi connectivity index (χ2n) is 15.6. The zero-order valence-electron chi connectivity index (χ0n) is 33.2. The minimum absolute atomic E-state index is 0.0754. The Hall–Kier alpha value is -3.43. The zero-order chi connectivity index (χ0) is 41.0. The molecule has 0 aliphatic carbocycles. The Morgan fingerprint density at radius 2 is 1.93 bits per heavy atom. The van der Waals surface area contributed by atoms with E-state index in [9.17, 15) is 34.2 Å². The Balaban J connectivity index is 1.71. The third kappa shape index (κ3) is 10.5. The number of anilines is 1. The van der Waals surface area contributed by atoms with Gasteiger partial charge in [0.2, 0.25) is 11.8 Å². The van der Waals surface area contributed by atoms with Crippen LogP contribution in [0.5, 0.6) is 0 Å². The second-order valence-corrected chi connectivity index (χ2v) is 18.0. The van der Waals surface area contributed by atoms with E-state index in [0.29, 0.717) is 29.9 Å². The number of alkyl carbamates (subject to hydrolysis) is 1. The molecule has 3 amide bonds. The molecule has 304 valence electrons. The van der Waals surface area contributed by atoms with Gasteiger partial charge in [-0.15, -0.1) is 0 Å². The van der Waals surface area contributed by atoms with Crippen molar-refractivity contribution < 1.29 is 48.4 Å². The van der Waals surface area contributed by atoms with Crippen LogP contribution in [-0.4, -0.2) is 112 Å². The Kier molecular flexibility index (Phi) is 14.7. The number of nitrogens with zero attached hydrogens (tertiary/aromatic N) is 2. The number of rotatable bonds is 10. The van der Waals surface area contributed by atoms with Crippen LogP contribution in [0.4, 0.5) is 10.5 Å². The summed E-state index contributed by atoms with van der Waals surface area (Å²) >= 11 is 8.44. The normalized spacial score (nSPS) is 31.2. The number of hydrogen-bond donors (Lipinski definition) is 3. The van der Waals surface area contributed by atoms with Gasteiger partial charge in [-0.3, -0.25) is 19.7 Å². The van der Waals surface area contributed by atoms with Crippen molar-refractivity contribution in [2.24, 2.45) is 11.8 Å². The number of epoxide rings is 1. The highest BCUT2D eigenvalue weighted by Gasteiger charge is 2.64. The van der Waals surface area contributed by atoms with Crippen LogP contribution in [0.1, 0.15) is 90.1 Å². The van der Waals surface area contributed by atoms with Crippen LogP contribution in [0.25, 0.3) is 0 Å². The molecule has 1 unspecified atom stereocenters. The summed E-state index contributed by atoms with van der Waals surface area (Å²) in [6, 6.07) is 2.35. The SMILES string of the molecule is C/C1=C\C=C\[C@@H](CO)[C@@]2(O)C[C@H](OC(=O)N2)[C@@H](C)[C@@H]2O[C@@]2(C)[C@@H](OC(=O)[C@H](C)N(C)C(=O)CCC(C)SC(C)C)CC(=O)N(C)c2cc(cc(C=O)c2Cl)C1. The van der Waals surface area contributed by atoms with Gasteiger partial charge in [-0.05, 0) is 56.6 Å². The first-order valence-corrected chi connectivity index (χ1v) is 20.1. The first-order chi connectivity index (χ1) is 25.7. The Bertz CT molecular complexity index is 1690. The number of hydrogen-bond acceptors (Lipinski definition) is 11. The van der Waals surface area contributed by atoms with Crippen LogP contribution >= 0.6 is 23.4 Å². The summed E-state index contributed by atoms with van der Waals surface area (Å²) in [5.74, 6) is -2.94. The molecule has 13 nitrogen and oxygen atoms in total. The third-order valence-corrected chi connectivity index (χ3v) is 12.6. The maximum Gasteiger partial charge on any atom is 0.409 e. The summed E-state index contributed by atoms with van der Waals surface area (Å²) in [6.45, 7) is 12.6.